The number of hydrogen-bond donors (Lipinski definition) is 3. The maximum Gasteiger partial charge on any atom is 0.573 e. The Hall–Kier alpha value is -3.27. The molecule has 0 saturated carbocycles. The van der Waals surface area contributed by atoms with E-state index in [0.29, 0.717) is 33.3 Å². The van der Waals surface area contributed by atoms with Crippen LogP contribution in [0, 0.1) is 0 Å². The zero-order chi connectivity index (χ0) is 21.3. The molecule has 3 aromatic rings. The van der Waals surface area contributed by atoms with Crippen molar-refractivity contribution in [3.05, 3.63) is 47.8 Å². The molecule has 0 aliphatic carbocycles. The molecule has 0 bridgehead atoms. The molecule has 0 fully saturated rings. The van der Waals surface area contributed by atoms with Crippen molar-refractivity contribution in [2.24, 2.45) is 7.05 Å². The maximum absolute atomic E-state index is 12.4. The Morgan fingerprint density at radius 3 is 2.52 bits per heavy atom. The van der Waals surface area contributed by atoms with Crippen molar-refractivity contribution in [1.29, 1.82) is 0 Å². The minimum atomic E-state index is -4.79. The third kappa shape index (κ3) is 4.43. The average molecular weight is 409 g/mol. The van der Waals surface area contributed by atoms with Crippen molar-refractivity contribution in [3.8, 4) is 16.9 Å². The van der Waals surface area contributed by atoms with Gasteiger partial charge in [0.15, 0.2) is 0 Å². The Balaban J connectivity index is 2.15. The predicted octanol–water partition coefficient (Wildman–Crippen LogP) is 3.96. The van der Waals surface area contributed by atoms with Crippen LogP contribution in [0.25, 0.3) is 22.2 Å². The van der Waals surface area contributed by atoms with Gasteiger partial charge in [0.25, 0.3) is 0 Å². The highest BCUT2D eigenvalue weighted by molar-refractivity contribution is 5.95. The summed E-state index contributed by atoms with van der Waals surface area (Å²) in [5, 5.41) is 21.5. The summed E-state index contributed by atoms with van der Waals surface area (Å²) in [6.45, 7) is 1.51. The number of imidazole rings is 1. The second kappa shape index (κ2) is 7.63. The first-order valence-electron chi connectivity index (χ1n) is 8.54. The van der Waals surface area contributed by atoms with Gasteiger partial charge in [0, 0.05) is 24.7 Å². The van der Waals surface area contributed by atoms with E-state index in [1.165, 1.54) is 24.3 Å². The quantitative estimate of drug-likeness (QED) is 0.593. The van der Waals surface area contributed by atoms with Crippen molar-refractivity contribution < 1.29 is 32.9 Å². The Morgan fingerprint density at radius 2 is 1.97 bits per heavy atom. The number of nitrogens with zero attached hydrogens (tertiary/aromatic N) is 2. The number of nitrogens with one attached hydrogen (secondary N) is 1. The number of carbonyl (C=O) groups is 1. The number of benzene rings is 2. The lowest BCUT2D eigenvalue weighted by atomic mass is 9.94. The van der Waals surface area contributed by atoms with Crippen LogP contribution in [-0.4, -0.2) is 32.2 Å². The molecule has 0 saturated heterocycles. The predicted molar refractivity (Wildman–Crippen MR) is 98.3 cm³/mol. The SMILES string of the molecule is CC(O)c1c(CNC(=O)O)cc(-c2ccc(OC(F)(F)F)cc2)c2ncn(C)c12. The molecular formula is C19H18F3N3O4. The molecule has 1 unspecified atom stereocenters. The average Bonchev–Trinajstić information content (AvgIpc) is 3.00. The van der Waals surface area contributed by atoms with E-state index in [4.69, 9.17) is 5.11 Å². The molecule has 154 valence electrons. The number of carboxylic acid groups (broad SMARTS) is 1. The van der Waals surface area contributed by atoms with Gasteiger partial charge in [0.2, 0.25) is 0 Å². The standard InChI is InChI=1S/C19H18F3N3O4/c1-10(26)15-12(8-23-18(27)28)7-14(16-17(15)25(2)9-24-16)11-3-5-13(6-4-11)29-19(20,21)22/h3-7,9-10,23,26H,8H2,1-2H3,(H,27,28). The van der Waals surface area contributed by atoms with E-state index in [9.17, 15) is 23.1 Å². The third-order valence-corrected chi connectivity index (χ3v) is 4.36. The van der Waals surface area contributed by atoms with Crippen LogP contribution in [-0.2, 0) is 13.6 Å². The smallest absolute Gasteiger partial charge is 0.465 e. The number of rotatable bonds is 5. The number of ether oxygens (including phenoxy) is 1. The molecule has 1 aromatic heterocycles. The lowest BCUT2D eigenvalue weighted by Gasteiger charge is -2.17. The van der Waals surface area contributed by atoms with Crippen LogP contribution in [0.15, 0.2) is 36.7 Å². The zero-order valence-corrected chi connectivity index (χ0v) is 15.5. The van der Waals surface area contributed by atoms with Gasteiger partial charge < -0.3 is 24.8 Å². The van der Waals surface area contributed by atoms with E-state index >= 15 is 0 Å². The summed E-state index contributed by atoms with van der Waals surface area (Å²) in [6.07, 6.45) is -5.35. The first kappa shape index (κ1) is 20.5. The van der Waals surface area contributed by atoms with E-state index in [1.807, 2.05) is 0 Å². The number of aliphatic hydroxyl groups is 1. The van der Waals surface area contributed by atoms with E-state index in [1.54, 1.807) is 30.9 Å². The highest BCUT2D eigenvalue weighted by atomic mass is 19.4. The number of halogens is 3. The minimum absolute atomic E-state index is 0.0566. The zero-order valence-electron chi connectivity index (χ0n) is 15.5. The molecule has 10 heteroatoms. The van der Waals surface area contributed by atoms with Crippen molar-refractivity contribution in [3.63, 3.8) is 0 Å². The maximum atomic E-state index is 12.4. The van der Waals surface area contributed by atoms with E-state index < -0.39 is 18.6 Å². The summed E-state index contributed by atoms with van der Waals surface area (Å²) < 4.78 is 42.8. The number of fused-ring (bicyclic) bond motifs is 1. The molecule has 3 rings (SSSR count). The topological polar surface area (TPSA) is 96.6 Å². The van der Waals surface area contributed by atoms with E-state index in [-0.39, 0.29) is 12.3 Å². The Morgan fingerprint density at radius 1 is 1.31 bits per heavy atom. The summed E-state index contributed by atoms with van der Waals surface area (Å²) in [7, 11) is 1.74. The third-order valence-electron chi connectivity index (χ3n) is 4.36. The van der Waals surface area contributed by atoms with Gasteiger partial charge in [0.1, 0.15) is 5.75 Å². The van der Waals surface area contributed by atoms with Crippen LogP contribution in [0.5, 0.6) is 5.75 Å². The monoisotopic (exact) mass is 409 g/mol. The van der Waals surface area contributed by atoms with Gasteiger partial charge in [0.05, 0.1) is 23.5 Å². The fourth-order valence-corrected chi connectivity index (χ4v) is 3.26. The van der Waals surface area contributed by atoms with Crippen molar-refractivity contribution in [2.75, 3.05) is 0 Å². The summed E-state index contributed by atoms with van der Waals surface area (Å²) in [4.78, 5) is 15.3. The summed E-state index contributed by atoms with van der Waals surface area (Å²) in [5.74, 6) is -0.355. The lowest BCUT2D eigenvalue weighted by molar-refractivity contribution is -0.274. The lowest BCUT2D eigenvalue weighted by Crippen LogP contribution is -2.21. The van der Waals surface area contributed by atoms with Gasteiger partial charge >= 0.3 is 12.5 Å². The number of aryl methyl sites for hydroxylation is 1. The number of amides is 1. The molecule has 3 N–H and O–H groups in total. The van der Waals surface area contributed by atoms with Gasteiger partial charge in [-0.1, -0.05) is 12.1 Å². The van der Waals surface area contributed by atoms with Crippen LogP contribution < -0.4 is 10.1 Å². The Labute approximate surface area is 163 Å². The Bertz CT molecular complexity index is 1040. The van der Waals surface area contributed by atoms with Crippen molar-refractivity contribution in [2.45, 2.75) is 25.9 Å². The number of hydrogen-bond acceptors (Lipinski definition) is 4. The van der Waals surface area contributed by atoms with Gasteiger partial charge in [-0.15, -0.1) is 13.2 Å². The highest BCUT2D eigenvalue weighted by Gasteiger charge is 2.31. The number of aromatic nitrogens is 2. The molecule has 29 heavy (non-hydrogen) atoms. The van der Waals surface area contributed by atoms with Crippen LogP contribution >= 0.6 is 0 Å². The fraction of sp³-hybridized carbons (Fsp3) is 0.263. The second-order valence-corrected chi connectivity index (χ2v) is 6.46. The van der Waals surface area contributed by atoms with Gasteiger partial charge in [-0.2, -0.15) is 0 Å². The summed E-state index contributed by atoms with van der Waals surface area (Å²) >= 11 is 0. The molecule has 0 radical (unpaired) electrons. The summed E-state index contributed by atoms with van der Waals surface area (Å²) in [6, 6.07) is 6.97. The van der Waals surface area contributed by atoms with Crippen LogP contribution in [0.1, 0.15) is 24.2 Å². The van der Waals surface area contributed by atoms with Gasteiger partial charge in [-0.05, 0) is 36.2 Å². The minimum Gasteiger partial charge on any atom is -0.465 e. The van der Waals surface area contributed by atoms with E-state index in [0.717, 1.165) is 0 Å². The molecule has 1 amide bonds. The Kier molecular flexibility index (Phi) is 5.38. The summed E-state index contributed by atoms with van der Waals surface area (Å²) in [5.41, 5.74) is 3.35. The molecule has 7 nitrogen and oxygen atoms in total. The van der Waals surface area contributed by atoms with Crippen LogP contribution in [0.4, 0.5) is 18.0 Å². The van der Waals surface area contributed by atoms with Crippen molar-refractivity contribution >= 4 is 17.1 Å². The van der Waals surface area contributed by atoms with Crippen LogP contribution in [0.2, 0.25) is 0 Å². The van der Waals surface area contributed by atoms with Gasteiger partial charge in [-0.25, -0.2) is 9.78 Å². The highest BCUT2D eigenvalue weighted by Crippen LogP contribution is 2.36. The van der Waals surface area contributed by atoms with E-state index in [2.05, 4.69) is 15.0 Å². The van der Waals surface area contributed by atoms with Gasteiger partial charge in [-0.3, -0.25) is 0 Å². The molecule has 0 aliphatic heterocycles. The second-order valence-electron chi connectivity index (χ2n) is 6.46. The molecule has 1 atom stereocenters. The molecule has 1 heterocycles. The molecular weight excluding hydrogens is 391 g/mol. The number of alkyl halides is 3. The van der Waals surface area contributed by atoms with Crippen LogP contribution in [0.3, 0.4) is 0 Å². The first-order chi connectivity index (χ1) is 13.6. The normalized spacial score (nSPS) is 12.8. The number of aliphatic hydroxyl groups excluding tert-OH is 1. The fourth-order valence-electron chi connectivity index (χ4n) is 3.26. The largest absolute Gasteiger partial charge is 0.573 e. The van der Waals surface area contributed by atoms with Crippen molar-refractivity contribution in [1.82, 2.24) is 14.9 Å². The molecule has 0 aliphatic rings. The molecule has 0 spiro atoms. The first-order valence-corrected chi connectivity index (χ1v) is 8.54. The molecule has 2 aromatic carbocycles.